The number of hydrogen-bond acceptors (Lipinski definition) is 4. The van der Waals surface area contributed by atoms with Gasteiger partial charge in [-0.25, -0.2) is 0 Å². The van der Waals surface area contributed by atoms with E-state index in [1.54, 1.807) is 6.07 Å². The lowest BCUT2D eigenvalue weighted by Crippen LogP contribution is -2.02. The lowest BCUT2D eigenvalue weighted by atomic mass is 10.1. The summed E-state index contributed by atoms with van der Waals surface area (Å²) >= 11 is 0. The van der Waals surface area contributed by atoms with Crippen LogP contribution >= 0.6 is 0 Å². The van der Waals surface area contributed by atoms with Gasteiger partial charge in [0.05, 0.1) is 11.3 Å². The topological polar surface area (TPSA) is 68.8 Å². The van der Waals surface area contributed by atoms with Crippen molar-refractivity contribution >= 4 is 5.69 Å². The van der Waals surface area contributed by atoms with Gasteiger partial charge >= 0.3 is 0 Å². The maximum Gasteiger partial charge on any atom is 0.174 e. The Labute approximate surface area is 117 Å². The van der Waals surface area contributed by atoms with Crippen molar-refractivity contribution in [1.29, 1.82) is 10.5 Å². The first-order chi connectivity index (χ1) is 9.83. The Balaban J connectivity index is 2.04. The lowest BCUT2D eigenvalue weighted by molar-refractivity contribution is 0.368. The number of para-hydroxylation sites is 1. The van der Waals surface area contributed by atoms with Gasteiger partial charge in [0.2, 0.25) is 0 Å². The first-order valence-corrected chi connectivity index (χ1v) is 6.15. The second-order valence-electron chi connectivity index (χ2n) is 4.11. The van der Waals surface area contributed by atoms with Crippen molar-refractivity contribution < 1.29 is 4.74 Å². The van der Waals surface area contributed by atoms with Gasteiger partial charge in [-0.1, -0.05) is 24.3 Å². The van der Waals surface area contributed by atoms with Crippen LogP contribution < -0.4 is 10.1 Å². The molecule has 1 N–H and O–H groups in total. The highest BCUT2D eigenvalue weighted by Gasteiger charge is 2.01. The molecule has 4 nitrogen and oxygen atoms in total. The molecule has 0 fully saturated rings. The number of nitrogens with one attached hydrogen (secondary N) is 1. The summed E-state index contributed by atoms with van der Waals surface area (Å²) in [6.45, 7) is 0.622. The van der Waals surface area contributed by atoms with Gasteiger partial charge < -0.3 is 10.1 Å². The second kappa shape index (κ2) is 6.82. The number of nitriles is 2. The number of anilines is 1. The van der Waals surface area contributed by atoms with Crippen LogP contribution in [0.2, 0.25) is 0 Å². The average Bonchev–Trinajstić information content (AvgIpc) is 2.51. The number of ether oxygens (including phenoxy) is 1. The number of benzene rings is 2. The zero-order valence-electron chi connectivity index (χ0n) is 10.8. The molecule has 2 aromatic rings. The van der Waals surface area contributed by atoms with Gasteiger partial charge in [0.25, 0.3) is 0 Å². The van der Waals surface area contributed by atoms with Gasteiger partial charge in [0.1, 0.15) is 17.9 Å². The summed E-state index contributed by atoms with van der Waals surface area (Å²) in [6, 6.07) is 19.0. The molecule has 4 heteroatoms. The quantitative estimate of drug-likeness (QED) is 0.900. The zero-order chi connectivity index (χ0) is 14.2. The molecule has 0 aromatic heterocycles. The fourth-order valence-corrected chi connectivity index (χ4v) is 1.79. The van der Waals surface area contributed by atoms with Crippen LogP contribution in [0.4, 0.5) is 5.69 Å². The highest BCUT2D eigenvalue weighted by molar-refractivity contribution is 5.57. The molecule has 0 saturated heterocycles. The summed E-state index contributed by atoms with van der Waals surface area (Å²) in [5.41, 5.74) is 2.44. The van der Waals surface area contributed by atoms with E-state index in [2.05, 4.69) is 11.4 Å². The first kappa shape index (κ1) is 13.5. The standard InChI is InChI=1S/C16H13N3O/c17-8-9-20-15-6-3-4-13(10-15)12-19-16-7-2-1-5-14(16)11-18/h1-7,10,19H,9,12H2. The van der Waals surface area contributed by atoms with E-state index in [0.29, 0.717) is 17.9 Å². The normalized spacial score (nSPS) is 9.30. The summed E-state index contributed by atoms with van der Waals surface area (Å²) < 4.78 is 5.25. The van der Waals surface area contributed by atoms with E-state index in [4.69, 9.17) is 15.3 Å². The summed E-state index contributed by atoms with van der Waals surface area (Å²) in [6.07, 6.45) is 0. The predicted molar refractivity (Wildman–Crippen MR) is 76.0 cm³/mol. The van der Waals surface area contributed by atoms with Crippen LogP contribution in [-0.2, 0) is 6.54 Å². The van der Waals surface area contributed by atoms with E-state index >= 15 is 0 Å². The van der Waals surface area contributed by atoms with Crippen LogP contribution in [0.3, 0.4) is 0 Å². The second-order valence-corrected chi connectivity index (χ2v) is 4.11. The molecule has 0 saturated carbocycles. The molecule has 2 rings (SSSR count). The van der Waals surface area contributed by atoms with E-state index in [-0.39, 0.29) is 6.61 Å². The molecule has 0 aliphatic heterocycles. The van der Waals surface area contributed by atoms with Gasteiger partial charge in [0.15, 0.2) is 6.61 Å². The SMILES string of the molecule is N#CCOc1cccc(CNc2ccccc2C#N)c1. The highest BCUT2D eigenvalue weighted by atomic mass is 16.5. The molecule has 0 bridgehead atoms. The van der Waals surface area contributed by atoms with Crippen LogP contribution in [0.1, 0.15) is 11.1 Å². The lowest BCUT2D eigenvalue weighted by Gasteiger charge is -2.09. The molecule has 0 atom stereocenters. The van der Waals surface area contributed by atoms with Crippen LogP contribution in [0.25, 0.3) is 0 Å². The van der Waals surface area contributed by atoms with Crippen molar-refractivity contribution in [2.24, 2.45) is 0 Å². The molecule has 0 aliphatic rings. The molecule has 20 heavy (non-hydrogen) atoms. The van der Waals surface area contributed by atoms with Crippen molar-refractivity contribution in [2.75, 3.05) is 11.9 Å². The third-order valence-electron chi connectivity index (χ3n) is 2.73. The minimum atomic E-state index is 0.0359. The Morgan fingerprint density at radius 2 is 1.90 bits per heavy atom. The Morgan fingerprint density at radius 1 is 1.05 bits per heavy atom. The van der Waals surface area contributed by atoms with Crippen molar-refractivity contribution in [3.8, 4) is 17.9 Å². The van der Waals surface area contributed by atoms with Crippen molar-refractivity contribution in [3.63, 3.8) is 0 Å². The van der Waals surface area contributed by atoms with E-state index in [1.807, 2.05) is 48.5 Å². The minimum Gasteiger partial charge on any atom is -0.479 e. The number of hydrogen-bond donors (Lipinski definition) is 1. The Hall–Kier alpha value is -2.98. The third kappa shape index (κ3) is 3.51. The van der Waals surface area contributed by atoms with E-state index in [0.717, 1.165) is 11.3 Å². The van der Waals surface area contributed by atoms with Gasteiger partial charge in [-0.3, -0.25) is 0 Å². The fraction of sp³-hybridized carbons (Fsp3) is 0.125. The molecule has 0 aliphatic carbocycles. The average molecular weight is 263 g/mol. The fourth-order valence-electron chi connectivity index (χ4n) is 1.79. The Kier molecular flexibility index (Phi) is 4.59. The summed E-state index contributed by atoms with van der Waals surface area (Å²) in [4.78, 5) is 0. The summed E-state index contributed by atoms with van der Waals surface area (Å²) in [5, 5.41) is 20.7. The smallest absolute Gasteiger partial charge is 0.174 e. The third-order valence-corrected chi connectivity index (χ3v) is 2.73. The number of nitrogens with zero attached hydrogens (tertiary/aromatic N) is 2. The zero-order valence-corrected chi connectivity index (χ0v) is 10.8. The molecule has 0 spiro atoms. The molecule has 2 aromatic carbocycles. The van der Waals surface area contributed by atoms with E-state index < -0.39 is 0 Å². The van der Waals surface area contributed by atoms with Crippen molar-refractivity contribution in [2.45, 2.75) is 6.54 Å². The van der Waals surface area contributed by atoms with Crippen LogP contribution in [0.5, 0.6) is 5.75 Å². The van der Waals surface area contributed by atoms with E-state index in [1.165, 1.54) is 0 Å². The molecule has 0 amide bonds. The maximum atomic E-state index is 9.02. The summed E-state index contributed by atoms with van der Waals surface area (Å²) in [7, 11) is 0. The van der Waals surface area contributed by atoms with Crippen molar-refractivity contribution in [3.05, 3.63) is 59.7 Å². The monoisotopic (exact) mass is 263 g/mol. The molecular weight excluding hydrogens is 250 g/mol. The molecule has 0 unspecified atom stereocenters. The van der Waals surface area contributed by atoms with Gasteiger partial charge in [-0.2, -0.15) is 10.5 Å². The minimum absolute atomic E-state index is 0.0359. The number of rotatable bonds is 5. The maximum absolute atomic E-state index is 9.02. The molecular formula is C16H13N3O. The van der Waals surface area contributed by atoms with Gasteiger partial charge in [-0.05, 0) is 29.8 Å². The largest absolute Gasteiger partial charge is 0.479 e. The predicted octanol–water partition coefficient (Wildman–Crippen LogP) is 3.07. The Morgan fingerprint density at radius 3 is 2.70 bits per heavy atom. The molecule has 0 radical (unpaired) electrons. The van der Waals surface area contributed by atoms with Gasteiger partial charge in [-0.15, -0.1) is 0 Å². The molecule has 98 valence electrons. The van der Waals surface area contributed by atoms with Crippen LogP contribution in [0.15, 0.2) is 48.5 Å². The van der Waals surface area contributed by atoms with Gasteiger partial charge in [0, 0.05) is 6.54 Å². The van der Waals surface area contributed by atoms with Crippen LogP contribution in [0, 0.1) is 22.7 Å². The highest BCUT2D eigenvalue weighted by Crippen LogP contribution is 2.17. The van der Waals surface area contributed by atoms with E-state index in [9.17, 15) is 0 Å². The Bertz CT molecular complexity index is 668. The van der Waals surface area contributed by atoms with Crippen molar-refractivity contribution in [1.82, 2.24) is 0 Å². The summed E-state index contributed by atoms with van der Waals surface area (Å²) in [5.74, 6) is 0.666. The molecule has 0 heterocycles. The van der Waals surface area contributed by atoms with Crippen LogP contribution in [-0.4, -0.2) is 6.61 Å². The first-order valence-electron chi connectivity index (χ1n) is 6.15.